The monoisotopic (exact) mass is 333 g/mol. The fourth-order valence-corrected chi connectivity index (χ4v) is 3.87. The van der Waals surface area contributed by atoms with Crippen molar-refractivity contribution < 1.29 is 9.53 Å². The topological polar surface area (TPSA) is 39.2 Å². The standard InChI is InChI=1S/C22H23NO2/c1-2-22(18-9-5-3-6-10-18,19-11-7-4-8-12-19)17-21(24)25-20-13-15-23-16-14-20/h1,3,5-6,9-10,13-16,19H,4,7-8,11-12,17H2. The fraction of sp³-hybridized carbons (Fsp3) is 0.364. The van der Waals surface area contributed by atoms with Crippen LogP contribution in [0.3, 0.4) is 0 Å². The maximum atomic E-state index is 12.7. The minimum Gasteiger partial charge on any atom is -0.426 e. The van der Waals surface area contributed by atoms with Crippen molar-refractivity contribution in [2.45, 2.75) is 43.9 Å². The highest BCUT2D eigenvalue weighted by molar-refractivity contribution is 5.75. The quantitative estimate of drug-likeness (QED) is 0.596. The highest BCUT2D eigenvalue weighted by Gasteiger charge is 2.41. The molecule has 1 aliphatic rings. The summed E-state index contributed by atoms with van der Waals surface area (Å²) in [5.74, 6) is 3.52. The van der Waals surface area contributed by atoms with E-state index < -0.39 is 5.41 Å². The Morgan fingerprint density at radius 1 is 1.12 bits per heavy atom. The molecule has 1 aliphatic carbocycles. The first kappa shape index (κ1) is 17.2. The van der Waals surface area contributed by atoms with Crippen LogP contribution >= 0.6 is 0 Å². The Balaban J connectivity index is 1.88. The Labute approximate surface area is 149 Å². The minimum absolute atomic E-state index is 0.195. The predicted molar refractivity (Wildman–Crippen MR) is 98.0 cm³/mol. The smallest absolute Gasteiger partial charge is 0.313 e. The number of hydrogen-bond acceptors (Lipinski definition) is 3. The highest BCUT2D eigenvalue weighted by Crippen LogP contribution is 2.43. The third kappa shape index (κ3) is 3.91. The molecule has 0 saturated heterocycles. The van der Waals surface area contributed by atoms with Gasteiger partial charge in [0.05, 0.1) is 11.8 Å². The maximum Gasteiger partial charge on any atom is 0.313 e. The molecule has 3 rings (SSSR count). The molecule has 0 amide bonds. The lowest BCUT2D eigenvalue weighted by atomic mass is 9.64. The minimum atomic E-state index is -0.605. The van der Waals surface area contributed by atoms with Gasteiger partial charge in [-0.3, -0.25) is 9.78 Å². The van der Waals surface area contributed by atoms with Crippen LogP contribution in [0.4, 0.5) is 0 Å². The SMILES string of the molecule is C#CC(CC(=O)Oc1ccncc1)(c1ccccc1)C1CCCCC1. The van der Waals surface area contributed by atoms with Gasteiger partial charge in [-0.1, -0.05) is 55.5 Å². The molecule has 2 aromatic rings. The molecule has 25 heavy (non-hydrogen) atoms. The summed E-state index contributed by atoms with van der Waals surface area (Å²) in [4.78, 5) is 16.6. The zero-order valence-corrected chi connectivity index (χ0v) is 14.4. The Bertz CT molecular complexity index is 730. The first-order chi connectivity index (χ1) is 12.2. The van der Waals surface area contributed by atoms with E-state index >= 15 is 0 Å². The number of hydrogen-bond donors (Lipinski definition) is 0. The molecule has 128 valence electrons. The molecular formula is C22H23NO2. The molecule has 1 aromatic carbocycles. The van der Waals surface area contributed by atoms with E-state index in [1.807, 2.05) is 30.3 Å². The second-order valence-electron chi connectivity index (χ2n) is 6.65. The average molecular weight is 333 g/mol. The van der Waals surface area contributed by atoms with Crippen LogP contribution in [0.5, 0.6) is 5.75 Å². The molecular weight excluding hydrogens is 310 g/mol. The van der Waals surface area contributed by atoms with Crippen molar-refractivity contribution in [3.63, 3.8) is 0 Å². The highest BCUT2D eigenvalue weighted by atomic mass is 16.5. The molecule has 0 N–H and O–H groups in total. The summed E-state index contributed by atoms with van der Waals surface area (Å²) in [6.45, 7) is 0. The lowest BCUT2D eigenvalue weighted by molar-refractivity contribution is -0.136. The Morgan fingerprint density at radius 3 is 2.44 bits per heavy atom. The van der Waals surface area contributed by atoms with Crippen LogP contribution in [0.15, 0.2) is 54.9 Å². The summed E-state index contributed by atoms with van der Waals surface area (Å²) in [6.07, 6.45) is 15.1. The zero-order valence-electron chi connectivity index (χ0n) is 14.4. The van der Waals surface area contributed by atoms with Gasteiger partial charge in [0, 0.05) is 12.4 Å². The Hall–Kier alpha value is -2.60. The van der Waals surface area contributed by atoms with Crippen LogP contribution in [-0.2, 0) is 10.2 Å². The van der Waals surface area contributed by atoms with Crippen molar-refractivity contribution in [1.29, 1.82) is 0 Å². The maximum absolute atomic E-state index is 12.7. The average Bonchev–Trinajstić information content (AvgIpc) is 2.68. The predicted octanol–water partition coefficient (Wildman–Crippen LogP) is 4.53. The van der Waals surface area contributed by atoms with Crippen molar-refractivity contribution in [2.75, 3.05) is 0 Å². The van der Waals surface area contributed by atoms with Gasteiger partial charge in [-0.05, 0) is 36.5 Å². The van der Waals surface area contributed by atoms with Crippen LogP contribution < -0.4 is 4.74 Å². The number of ether oxygens (including phenoxy) is 1. The van der Waals surface area contributed by atoms with Gasteiger partial charge in [-0.2, -0.15) is 0 Å². The molecule has 0 spiro atoms. The van der Waals surface area contributed by atoms with Crippen LogP contribution in [-0.4, -0.2) is 11.0 Å². The summed E-state index contributed by atoms with van der Waals surface area (Å²) >= 11 is 0. The summed E-state index contributed by atoms with van der Waals surface area (Å²) in [7, 11) is 0. The van der Waals surface area contributed by atoms with Gasteiger partial charge in [0.2, 0.25) is 0 Å². The van der Waals surface area contributed by atoms with Gasteiger partial charge in [0.25, 0.3) is 0 Å². The van der Waals surface area contributed by atoms with Crippen molar-refractivity contribution >= 4 is 5.97 Å². The number of carbonyl (C=O) groups excluding carboxylic acids is 1. The summed E-state index contributed by atoms with van der Waals surface area (Å²) in [6, 6.07) is 13.4. The van der Waals surface area contributed by atoms with Gasteiger partial charge in [-0.15, -0.1) is 6.42 Å². The van der Waals surface area contributed by atoms with Crippen molar-refractivity contribution in [3.8, 4) is 18.1 Å². The number of benzene rings is 1. The van der Waals surface area contributed by atoms with Crippen LogP contribution in [0, 0.1) is 18.3 Å². The molecule has 3 heteroatoms. The second-order valence-corrected chi connectivity index (χ2v) is 6.65. The van der Waals surface area contributed by atoms with Crippen LogP contribution in [0.2, 0.25) is 0 Å². The van der Waals surface area contributed by atoms with E-state index in [-0.39, 0.29) is 12.4 Å². The molecule has 0 aliphatic heterocycles. The van der Waals surface area contributed by atoms with E-state index in [2.05, 4.69) is 10.9 Å². The van der Waals surface area contributed by atoms with Gasteiger partial charge in [-0.25, -0.2) is 0 Å². The van der Waals surface area contributed by atoms with E-state index in [0.29, 0.717) is 11.7 Å². The number of terminal acetylenes is 1. The van der Waals surface area contributed by atoms with Crippen LogP contribution in [0.25, 0.3) is 0 Å². The normalized spacial score (nSPS) is 17.2. The summed E-state index contributed by atoms with van der Waals surface area (Å²) in [5, 5.41) is 0. The second kappa shape index (κ2) is 7.98. The summed E-state index contributed by atoms with van der Waals surface area (Å²) < 4.78 is 5.51. The molecule has 0 bridgehead atoms. The third-order valence-electron chi connectivity index (χ3n) is 5.15. The van der Waals surface area contributed by atoms with E-state index in [4.69, 9.17) is 11.2 Å². The first-order valence-electron chi connectivity index (χ1n) is 8.88. The van der Waals surface area contributed by atoms with E-state index in [0.717, 1.165) is 18.4 Å². The molecule has 1 heterocycles. The van der Waals surface area contributed by atoms with Gasteiger partial charge >= 0.3 is 5.97 Å². The van der Waals surface area contributed by atoms with Crippen molar-refractivity contribution in [2.24, 2.45) is 5.92 Å². The number of rotatable bonds is 5. The molecule has 1 fully saturated rings. The molecule has 1 atom stereocenters. The van der Waals surface area contributed by atoms with Gasteiger partial charge in [0.15, 0.2) is 0 Å². The molecule has 1 saturated carbocycles. The number of esters is 1. The molecule has 3 nitrogen and oxygen atoms in total. The van der Waals surface area contributed by atoms with E-state index in [1.165, 1.54) is 19.3 Å². The third-order valence-corrected chi connectivity index (χ3v) is 5.15. The van der Waals surface area contributed by atoms with Crippen molar-refractivity contribution in [3.05, 3.63) is 60.4 Å². The number of carbonyl (C=O) groups is 1. The number of aromatic nitrogens is 1. The van der Waals surface area contributed by atoms with Gasteiger partial charge < -0.3 is 4.74 Å². The summed E-state index contributed by atoms with van der Waals surface area (Å²) in [5.41, 5.74) is 0.433. The first-order valence-corrected chi connectivity index (χ1v) is 8.88. The van der Waals surface area contributed by atoms with E-state index in [9.17, 15) is 4.79 Å². The Morgan fingerprint density at radius 2 is 1.80 bits per heavy atom. The van der Waals surface area contributed by atoms with Crippen molar-refractivity contribution in [1.82, 2.24) is 4.98 Å². The zero-order chi connectivity index (χ0) is 17.5. The van der Waals surface area contributed by atoms with Crippen LogP contribution in [0.1, 0.15) is 44.1 Å². The van der Waals surface area contributed by atoms with Gasteiger partial charge in [0.1, 0.15) is 5.75 Å². The largest absolute Gasteiger partial charge is 0.426 e. The number of pyridine rings is 1. The fourth-order valence-electron chi connectivity index (χ4n) is 3.87. The molecule has 1 aromatic heterocycles. The number of nitrogens with zero attached hydrogens (tertiary/aromatic N) is 1. The molecule has 0 radical (unpaired) electrons. The lowest BCUT2D eigenvalue weighted by Gasteiger charge is -2.38. The van der Waals surface area contributed by atoms with E-state index in [1.54, 1.807) is 24.5 Å². The lowest BCUT2D eigenvalue weighted by Crippen LogP contribution is -2.38. The Kier molecular flexibility index (Phi) is 5.50. The molecule has 1 unspecified atom stereocenters.